The highest BCUT2D eigenvalue weighted by molar-refractivity contribution is 9.11. The maximum absolute atomic E-state index is 6.07. The van der Waals surface area contributed by atoms with Gasteiger partial charge in [0.25, 0.3) is 0 Å². The normalized spacial score (nSPS) is 12.5. The summed E-state index contributed by atoms with van der Waals surface area (Å²) >= 11 is 6.87. The summed E-state index contributed by atoms with van der Waals surface area (Å²) in [5.74, 6) is 1.66. The zero-order valence-electron chi connectivity index (χ0n) is 13.4. The van der Waals surface area contributed by atoms with Gasteiger partial charge in [-0.1, -0.05) is 24.3 Å². The number of anilines is 3. The first-order valence-electron chi connectivity index (χ1n) is 7.99. The van der Waals surface area contributed by atoms with Gasteiger partial charge in [0.05, 0.1) is 16.9 Å². The maximum Gasteiger partial charge on any atom is 0.198 e. The fraction of sp³-hybridized carbons (Fsp3) is 0. The van der Waals surface area contributed by atoms with Gasteiger partial charge in [-0.3, -0.25) is 0 Å². The smallest absolute Gasteiger partial charge is 0.198 e. The summed E-state index contributed by atoms with van der Waals surface area (Å²) in [6, 6.07) is 22.2. The van der Waals surface area contributed by atoms with Gasteiger partial charge in [-0.05, 0) is 74.3 Å². The molecule has 4 aromatic rings. The van der Waals surface area contributed by atoms with E-state index >= 15 is 0 Å². The molecule has 0 saturated heterocycles. The van der Waals surface area contributed by atoms with Crippen molar-refractivity contribution < 1.29 is 4.74 Å². The molecule has 0 fully saturated rings. The van der Waals surface area contributed by atoms with E-state index in [1.54, 1.807) is 0 Å². The van der Waals surface area contributed by atoms with E-state index in [0.29, 0.717) is 4.73 Å². The van der Waals surface area contributed by atoms with Gasteiger partial charge in [0.15, 0.2) is 16.2 Å². The minimum Gasteiger partial charge on any atom is -0.453 e. The van der Waals surface area contributed by atoms with Gasteiger partial charge in [0, 0.05) is 11.1 Å². The molecule has 1 aliphatic heterocycles. The SMILES string of the molecule is Brc1nc(Br)c2ccc(N3c4ccccc4Oc4ccccc43)cc2n1. The Morgan fingerprint density at radius 2 is 1.42 bits per heavy atom. The second-order valence-corrected chi connectivity index (χ2v) is 7.32. The molecule has 0 aliphatic carbocycles. The monoisotopic (exact) mass is 467 g/mol. The van der Waals surface area contributed by atoms with Crippen LogP contribution in [-0.2, 0) is 0 Å². The van der Waals surface area contributed by atoms with Crippen LogP contribution in [0.1, 0.15) is 0 Å². The summed E-state index contributed by atoms with van der Waals surface area (Å²) < 4.78 is 7.39. The van der Waals surface area contributed by atoms with Crippen LogP contribution in [0.4, 0.5) is 17.1 Å². The van der Waals surface area contributed by atoms with E-state index in [9.17, 15) is 0 Å². The molecular weight excluding hydrogens is 458 g/mol. The fourth-order valence-electron chi connectivity index (χ4n) is 3.17. The minimum absolute atomic E-state index is 0.553. The van der Waals surface area contributed by atoms with Gasteiger partial charge < -0.3 is 9.64 Å². The molecule has 0 radical (unpaired) electrons. The lowest BCUT2D eigenvalue weighted by Crippen LogP contribution is -2.15. The number of benzene rings is 3. The van der Waals surface area contributed by atoms with E-state index in [1.807, 2.05) is 42.5 Å². The highest BCUT2D eigenvalue weighted by Crippen LogP contribution is 2.50. The summed E-state index contributed by atoms with van der Waals surface area (Å²) in [5, 5.41) is 0.965. The third-order valence-corrected chi connectivity index (χ3v) is 5.26. The predicted octanol–water partition coefficient (Wildman–Crippen LogP) is 6.73. The Morgan fingerprint density at radius 3 is 2.12 bits per heavy atom. The molecule has 0 unspecified atom stereocenters. The lowest BCUT2D eigenvalue weighted by Gasteiger charge is -2.32. The Labute approximate surface area is 166 Å². The third-order valence-electron chi connectivity index (χ3n) is 4.30. The second-order valence-electron chi connectivity index (χ2n) is 5.86. The van der Waals surface area contributed by atoms with E-state index in [0.717, 1.165) is 44.1 Å². The molecule has 4 nitrogen and oxygen atoms in total. The van der Waals surface area contributed by atoms with Crippen LogP contribution >= 0.6 is 31.9 Å². The topological polar surface area (TPSA) is 38.2 Å². The Balaban J connectivity index is 1.77. The Hall–Kier alpha value is -2.44. The van der Waals surface area contributed by atoms with Crippen molar-refractivity contribution in [2.45, 2.75) is 0 Å². The largest absolute Gasteiger partial charge is 0.453 e. The second kappa shape index (κ2) is 6.07. The van der Waals surface area contributed by atoms with E-state index in [2.05, 4.69) is 71.0 Å². The van der Waals surface area contributed by atoms with Gasteiger partial charge in [0.2, 0.25) is 0 Å². The summed E-state index contributed by atoms with van der Waals surface area (Å²) in [5.41, 5.74) is 3.87. The van der Waals surface area contributed by atoms with E-state index < -0.39 is 0 Å². The lowest BCUT2D eigenvalue weighted by molar-refractivity contribution is 0.477. The Morgan fingerprint density at radius 1 is 0.769 bits per heavy atom. The van der Waals surface area contributed by atoms with Crippen molar-refractivity contribution in [2.75, 3.05) is 4.90 Å². The predicted molar refractivity (Wildman–Crippen MR) is 110 cm³/mol. The molecule has 1 aromatic heterocycles. The zero-order valence-corrected chi connectivity index (χ0v) is 16.5. The molecule has 5 rings (SSSR count). The van der Waals surface area contributed by atoms with Gasteiger partial charge in [-0.25, -0.2) is 9.97 Å². The van der Waals surface area contributed by atoms with Crippen LogP contribution in [0.5, 0.6) is 11.5 Å². The molecule has 0 atom stereocenters. The molecule has 126 valence electrons. The maximum atomic E-state index is 6.07. The highest BCUT2D eigenvalue weighted by Gasteiger charge is 2.25. The molecule has 2 heterocycles. The molecule has 0 N–H and O–H groups in total. The van der Waals surface area contributed by atoms with Crippen LogP contribution in [0, 0.1) is 0 Å². The number of ether oxygens (including phenoxy) is 1. The fourth-order valence-corrected chi connectivity index (χ4v) is 4.28. The van der Waals surface area contributed by atoms with Gasteiger partial charge >= 0.3 is 0 Å². The number of halogens is 2. The average molecular weight is 469 g/mol. The summed E-state index contributed by atoms with van der Waals surface area (Å²) in [4.78, 5) is 11.0. The van der Waals surface area contributed by atoms with Crippen molar-refractivity contribution in [3.05, 3.63) is 76.1 Å². The standard InChI is InChI=1S/C20H11Br2N3O/c21-19-13-10-9-12(11-14(13)23-20(22)24-19)25-15-5-1-3-7-17(15)26-18-8-4-2-6-16(18)25/h1-11H. The van der Waals surface area contributed by atoms with Crippen LogP contribution in [0.25, 0.3) is 10.9 Å². The van der Waals surface area contributed by atoms with Crippen LogP contribution in [-0.4, -0.2) is 9.97 Å². The van der Waals surface area contributed by atoms with Crippen molar-refractivity contribution in [3.8, 4) is 11.5 Å². The molecule has 0 spiro atoms. The molecular formula is C20H11Br2N3O. The summed E-state index contributed by atoms with van der Waals surface area (Å²) in [7, 11) is 0. The zero-order chi connectivity index (χ0) is 17.7. The summed E-state index contributed by atoms with van der Waals surface area (Å²) in [6.45, 7) is 0. The molecule has 0 bridgehead atoms. The first-order chi connectivity index (χ1) is 12.7. The number of rotatable bonds is 1. The van der Waals surface area contributed by atoms with Crippen molar-refractivity contribution in [2.24, 2.45) is 0 Å². The van der Waals surface area contributed by atoms with Crippen LogP contribution in [0.15, 0.2) is 76.1 Å². The number of nitrogens with zero attached hydrogens (tertiary/aromatic N) is 3. The minimum atomic E-state index is 0.553. The quantitative estimate of drug-likeness (QED) is 0.202. The van der Waals surface area contributed by atoms with Gasteiger partial charge in [-0.15, -0.1) is 0 Å². The number of aromatic nitrogens is 2. The van der Waals surface area contributed by atoms with Crippen molar-refractivity contribution in [1.82, 2.24) is 9.97 Å². The average Bonchev–Trinajstić information content (AvgIpc) is 2.65. The number of fused-ring (bicyclic) bond motifs is 3. The third kappa shape index (κ3) is 2.48. The van der Waals surface area contributed by atoms with Crippen LogP contribution < -0.4 is 9.64 Å². The Kier molecular flexibility index (Phi) is 3.69. The van der Waals surface area contributed by atoms with Crippen molar-refractivity contribution in [1.29, 1.82) is 0 Å². The van der Waals surface area contributed by atoms with E-state index in [4.69, 9.17) is 4.74 Å². The van der Waals surface area contributed by atoms with Gasteiger partial charge in [0.1, 0.15) is 4.60 Å². The first kappa shape index (κ1) is 15.8. The van der Waals surface area contributed by atoms with Crippen molar-refractivity contribution >= 4 is 59.8 Å². The van der Waals surface area contributed by atoms with E-state index in [1.165, 1.54) is 0 Å². The van der Waals surface area contributed by atoms with Gasteiger partial charge in [-0.2, -0.15) is 0 Å². The van der Waals surface area contributed by atoms with E-state index in [-0.39, 0.29) is 0 Å². The Bertz CT molecular complexity index is 1120. The number of hydrogen-bond donors (Lipinski definition) is 0. The van der Waals surface area contributed by atoms with Crippen molar-refractivity contribution in [3.63, 3.8) is 0 Å². The molecule has 1 aliphatic rings. The first-order valence-corrected chi connectivity index (χ1v) is 9.58. The summed E-state index contributed by atoms with van der Waals surface area (Å²) in [6.07, 6.45) is 0. The highest BCUT2D eigenvalue weighted by atomic mass is 79.9. The molecule has 0 amide bonds. The van der Waals surface area contributed by atoms with Crippen LogP contribution in [0.2, 0.25) is 0 Å². The number of para-hydroxylation sites is 4. The van der Waals surface area contributed by atoms with Crippen LogP contribution in [0.3, 0.4) is 0 Å². The number of hydrogen-bond acceptors (Lipinski definition) is 4. The molecule has 26 heavy (non-hydrogen) atoms. The molecule has 0 saturated carbocycles. The molecule has 3 aromatic carbocycles. The lowest BCUT2D eigenvalue weighted by atomic mass is 10.1. The molecule has 6 heteroatoms.